The van der Waals surface area contributed by atoms with Crippen LogP contribution < -0.4 is 10.0 Å². The number of thiophene rings is 1. The first-order valence-electron chi connectivity index (χ1n) is 6.49. The fourth-order valence-corrected chi connectivity index (χ4v) is 6.25. The normalized spacial score (nSPS) is 13.6. The summed E-state index contributed by atoms with van der Waals surface area (Å²) in [6.45, 7) is 7.53. The molecule has 0 radical (unpaired) electrons. The fourth-order valence-electron chi connectivity index (χ4n) is 1.57. The largest absolute Gasteiger partial charge is 0.312 e. The molecule has 1 rings (SSSR count). The topological polar surface area (TPSA) is 58.2 Å². The smallest absolute Gasteiger partial charge is 0.242 e. The average molecular weight is 401 g/mol. The van der Waals surface area contributed by atoms with Crippen LogP contribution >= 0.6 is 39.0 Å². The molecule has 20 heavy (non-hydrogen) atoms. The van der Waals surface area contributed by atoms with Crippen LogP contribution in [-0.2, 0) is 16.6 Å². The van der Waals surface area contributed by atoms with Crippen molar-refractivity contribution in [3.05, 3.63) is 14.7 Å². The third-order valence-electron chi connectivity index (χ3n) is 2.47. The molecule has 1 aromatic heterocycles. The maximum Gasteiger partial charge on any atom is 0.242 e. The molecule has 0 saturated carbocycles. The molecule has 1 aromatic rings. The zero-order valence-corrected chi connectivity index (χ0v) is 15.9. The van der Waals surface area contributed by atoms with Crippen molar-refractivity contribution in [1.82, 2.24) is 10.0 Å². The van der Waals surface area contributed by atoms with Crippen LogP contribution in [0.1, 0.15) is 25.6 Å². The van der Waals surface area contributed by atoms with Gasteiger partial charge >= 0.3 is 0 Å². The maximum atomic E-state index is 12.3. The van der Waals surface area contributed by atoms with Crippen LogP contribution in [0.5, 0.6) is 0 Å². The number of thioether (sulfide) groups is 1. The van der Waals surface area contributed by atoms with Crippen molar-refractivity contribution < 1.29 is 8.42 Å². The van der Waals surface area contributed by atoms with Crippen LogP contribution in [0.25, 0.3) is 0 Å². The second-order valence-electron chi connectivity index (χ2n) is 4.31. The zero-order chi connectivity index (χ0) is 15.2. The summed E-state index contributed by atoms with van der Waals surface area (Å²) in [5.41, 5.74) is 0. The highest BCUT2D eigenvalue weighted by Crippen LogP contribution is 2.31. The molecule has 0 aliphatic heterocycles. The zero-order valence-electron chi connectivity index (χ0n) is 11.9. The van der Waals surface area contributed by atoms with Gasteiger partial charge in [-0.05, 0) is 41.2 Å². The van der Waals surface area contributed by atoms with Crippen molar-refractivity contribution in [2.75, 3.05) is 18.1 Å². The lowest BCUT2D eigenvalue weighted by molar-refractivity contribution is 0.571. The molecule has 1 unspecified atom stereocenters. The molecule has 0 aliphatic carbocycles. The van der Waals surface area contributed by atoms with Crippen LogP contribution in [0.15, 0.2) is 14.7 Å². The molecule has 0 aliphatic rings. The Morgan fingerprint density at radius 2 is 2.15 bits per heavy atom. The lowest BCUT2D eigenvalue weighted by Gasteiger charge is -2.13. The summed E-state index contributed by atoms with van der Waals surface area (Å²) in [6, 6.07) is 1.66. The summed E-state index contributed by atoms with van der Waals surface area (Å²) in [4.78, 5) is 1.35. The fraction of sp³-hybridized carbons (Fsp3) is 0.667. The van der Waals surface area contributed by atoms with Gasteiger partial charge in [-0.1, -0.05) is 13.8 Å². The summed E-state index contributed by atoms with van der Waals surface area (Å²) in [5, 5.41) is 3.20. The second-order valence-corrected chi connectivity index (χ2v) is 9.77. The van der Waals surface area contributed by atoms with E-state index in [-0.39, 0.29) is 6.04 Å². The summed E-state index contributed by atoms with van der Waals surface area (Å²) >= 11 is 6.54. The van der Waals surface area contributed by atoms with E-state index in [0.717, 1.165) is 22.9 Å². The minimum Gasteiger partial charge on any atom is -0.312 e. The SMILES string of the molecule is CCNCc1cc(S(=O)(=O)NC(C)CSCC)c(Br)s1. The Balaban J connectivity index is 2.78. The first kappa shape index (κ1) is 18.4. The summed E-state index contributed by atoms with van der Waals surface area (Å²) in [6.07, 6.45) is 0. The van der Waals surface area contributed by atoms with E-state index >= 15 is 0 Å². The van der Waals surface area contributed by atoms with E-state index in [2.05, 4.69) is 32.9 Å². The maximum absolute atomic E-state index is 12.3. The summed E-state index contributed by atoms with van der Waals surface area (Å²) < 4.78 is 28.1. The number of nitrogens with one attached hydrogen (secondary N) is 2. The lowest BCUT2D eigenvalue weighted by atomic mass is 10.4. The Hall–Kier alpha value is 0.400. The highest BCUT2D eigenvalue weighted by Gasteiger charge is 2.22. The van der Waals surface area contributed by atoms with Crippen molar-refractivity contribution in [1.29, 1.82) is 0 Å². The first-order chi connectivity index (χ1) is 9.40. The van der Waals surface area contributed by atoms with Gasteiger partial charge in [-0.15, -0.1) is 11.3 Å². The molecule has 0 fully saturated rings. The van der Waals surface area contributed by atoms with Crippen LogP contribution in [0, 0.1) is 0 Å². The Morgan fingerprint density at radius 3 is 2.75 bits per heavy atom. The van der Waals surface area contributed by atoms with Crippen molar-refractivity contribution in [3.8, 4) is 0 Å². The van der Waals surface area contributed by atoms with Crippen LogP contribution in [-0.4, -0.2) is 32.5 Å². The molecule has 0 bridgehead atoms. The van der Waals surface area contributed by atoms with Gasteiger partial charge in [0.25, 0.3) is 0 Å². The Kier molecular flexibility index (Phi) is 8.07. The van der Waals surface area contributed by atoms with Crippen molar-refractivity contribution in [2.24, 2.45) is 0 Å². The highest BCUT2D eigenvalue weighted by molar-refractivity contribution is 9.11. The van der Waals surface area contributed by atoms with Crippen molar-refractivity contribution in [2.45, 2.75) is 38.3 Å². The summed E-state index contributed by atoms with van der Waals surface area (Å²) in [5.74, 6) is 1.77. The summed E-state index contributed by atoms with van der Waals surface area (Å²) in [7, 11) is -3.45. The Bertz CT molecular complexity index is 517. The number of halogens is 1. The van der Waals surface area contributed by atoms with Gasteiger partial charge in [0.05, 0.1) is 3.79 Å². The monoisotopic (exact) mass is 400 g/mol. The van der Waals surface area contributed by atoms with Gasteiger partial charge in [0.1, 0.15) is 4.90 Å². The van der Waals surface area contributed by atoms with Crippen LogP contribution in [0.2, 0.25) is 0 Å². The molecule has 116 valence electrons. The highest BCUT2D eigenvalue weighted by atomic mass is 79.9. The number of sulfonamides is 1. The number of hydrogen-bond acceptors (Lipinski definition) is 5. The van der Waals surface area contributed by atoms with E-state index in [4.69, 9.17) is 0 Å². The number of rotatable bonds is 9. The molecule has 0 saturated heterocycles. The average Bonchev–Trinajstić information content (AvgIpc) is 2.75. The van der Waals surface area contributed by atoms with E-state index < -0.39 is 10.0 Å². The quantitative estimate of drug-likeness (QED) is 0.668. The minimum absolute atomic E-state index is 0.0750. The van der Waals surface area contributed by atoms with Gasteiger partial charge in [-0.25, -0.2) is 13.1 Å². The van der Waals surface area contributed by atoms with Crippen LogP contribution in [0.3, 0.4) is 0 Å². The Labute approximate surface area is 138 Å². The van der Waals surface area contributed by atoms with E-state index in [1.165, 1.54) is 11.3 Å². The van der Waals surface area contributed by atoms with E-state index in [0.29, 0.717) is 15.2 Å². The third kappa shape index (κ3) is 5.65. The van der Waals surface area contributed by atoms with E-state index in [9.17, 15) is 8.42 Å². The molecule has 2 N–H and O–H groups in total. The Morgan fingerprint density at radius 1 is 1.45 bits per heavy atom. The molecule has 0 aromatic carbocycles. The van der Waals surface area contributed by atoms with Gasteiger partial charge in [0, 0.05) is 23.2 Å². The predicted molar refractivity (Wildman–Crippen MR) is 92.2 cm³/mol. The second kappa shape index (κ2) is 8.75. The molecule has 4 nitrogen and oxygen atoms in total. The van der Waals surface area contributed by atoms with E-state index in [1.54, 1.807) is 17.8 Å². The minimum atomic E-state index is -3.45. The van der Waals surface area contributed by atoms with Gasteiger partial charge < -0.3 is 5.32 Å². The third-order valence-corrected chi connectivity index (χ3v) is 7.46. The van der Waals surface area contributed by atoms with Gasteiger partial charge in [0.2, 0.25) is 10.0 Å². The van der Waals surface area contributed by atoms with Gasteiger partial charge in [-0.3, -0.25) is 0 Å². The van der Waals surface area contributed by atoms with Crippen molar-refractivity contribution in [3.63, 3.8) is 0 Å². The first-order valence-corrected chi connectivity index (χ1v) is 10.7. The van der Waals surface area contributed by atoms with Gasteiger partial charge in [0.15, 0.2) is 0 Å². The van der Waals surface area contributed by atoms with Crippen LogP contribution in [0.4, 0.5) is 0 Å². The lowest BCUT2D eigenvalue weighted by Crippen LogP contribution is -2.34. The predicted octanol–water partition coefficient (Wildman–Crippen LogP) is 3.04. The van der Waals surface area contributed by atoms with E-state index in [1.807, 2.05) is 13.8 Å². The standard InChI is InChI=1S/C12H21BrN2O2S3/c1-4-14-7-10-6-11(12(13)19-10)20(16,17)15-9(3)8-18-5-2/h6,9,14-15H,4-5,7-8H2,1-3H3. The molecule has 8 heteroatoms. The molecule has 1 atom stereocenters. The van der Waals surface area contributed by atoms with Crippen molar-refractivity contribution >= 4 is 49.1 Å². The van der Waals surface area contributed by atoms with Gasteiger partial charge in [-0.2, -0.15) is 11.8 Å². The number of hydrogen-bond donors (Lipinski definition) is 2. The molecular weight excluding hydrogens is 380 g/mol. The molecule has 0 amide bonds. The molecular formula is C12H21BrN2O2S3. The molecule has 1 heterocycles. The molecule has 0 spiro atoms.